The Kier molecular flexibility index (Phi) is 5.34. The summed E-state index contributed by atoms with van der Waals surface area (Å²) in [4.78, 5) is 28.0. The van der Waals surface area contributed by atoms with Crippen molar-refractivity contribution in [3.05, 3.63) is 60.4 Å². The van der Waals surface area contributed by atoms with Crippen LogP contribution in [-0.4, -0.2) is 27.7 Å². The third-order valence-electron chi connectivity index (χ3n) is 2.70. The van der Waals surface area contributed by atoms with Gasteiger partial charge in [-0.2, -0.15) is 0 Å². The number of nitrogens with zero attached hydrogens (tertiary/aromatic N) is 1. The molecule has 0 bridgehead atoms. The van der Waals surface area contributed by atoms with Gasteiger partial charge in [-0.05, 0) is 17.7 Å². The molecule has 2 N–H and O–H groups in total. The Bertz CT molecular complexity index is 605. The van der Waals surface area contributed by atoms with Crippen LogP contribution in [0.2, 0.25) is 0 Å². The number of benzene rings is 1. The Balaban J connectivity index is 1.95. The number of thioether (sulfide) groups is 1. The molecule has 0 radical (unpaired) electrons. The minimum absolute atomic E-state index is 0.153. The third-order valence-corrected chi connectivity index (χ3v) is 3.72. The Morgan fingerprint density at radius 3 is 2.43 bits per heavy atom. The normalized spacial score (nSPS) is 11.6. The zero-order valence-electron chi connectivity index (χ0n) is 11.1. The van der Waals surface area contributed by atoms with Crippen molar-refractivity contribution < 1.29 is 14.7 Å². The average molecular weight is 302 g/mol. The second-order valence-corrected chi connectivity index (χ2v) is 5.27. The van der Waals surface area contributed by atoms with E-state index in [0.29, 0.717) is 5.56 Å². The lowest BCUT2D eigenvalue weighted by Gasteiger charge is -2.14. The molecule has 5 nitrogen and oxygen atoms in total. The predicted octanol–water partition coefficient (Wildman–Crippen LogP) is 2.12. The Labute approximate surface area is 126 Å². The molecule has 0 saturated carbocycles. The van der Waals surface area contributed by atoms with Gasteiger partial charge < -0.3 is 10.4 Å². The molecule has 0 unspecified atom stereocenters. The molecule has 2 aromatic rings. The molecule has 21 heavy (non-hydrogen) atoms. The number of carbonyl (C=O) groups is 2. The Morgan fingerprint density at radius 2 is 1.81 bits per heavy atom. The first-order valence-corrected chi connectivity index (χ1v) is 7.25. The van der Waals surface area contributed by atoms with Gasteiger partial charge in [0.25, 0.3) is 0 Å². The van der Waals surface area contributed by atoms with E-state index < -0.39 is 12.0 Å². The number of aromatic nitrogens is 1. The lowest BCUT2D eigenvalue weighted by molar-refractivity contribution is -0.141. The van der Waals surface area contributed by atoms with Crippen LogP contribution >= 0.6 is 11.8 Å². The molecule has 0 saturated heterocycles. The summed E-state index contributed by atoms with van der Waals surface area (Å²) in [5, 5.41) is 11.8. The molecule has 0 aliphatic rings. The number of hydrogen-bond donors (Lipinski definition) is 2. The lowest BCUT2D eigenvalue weighted by Crippen LogP contribution is -2.34. The highest BCUT2D eigenvalue weighted by molar-refractivity contribution is 8.00. The maximum Gasteiger partial charge on any atom is 0.330 e. The van der Waals surface area contributed by atoms with Gasteiger partial charge in [-0.15, -0.1) is 11.8 Å². The second-order valence-electron chi connectivity index (χ2n) is 4.22. The highest BCUT2D eigenvalue weighted by Crippen LogP contribution is 2.17. The fourth-order valence-corrected chi connectivity index (χ4v) is 2.41. The standard InChI is InChI=1S/C15H14N2O3S/c18-13(10-21-12-6-8-16-9-7-12)17-14(15(19)20)11-4-2-1-3-5-11/h1-9,14H,10H2,(H,17,18)(H,19,20)/t14-/m1/s1. The fraction of sp³-hybridized carbons (Fsp3) is 0.133. The Morgan fingerprint density at radius 1 is 1.14 bits per heavy atom. The van der Waals surface area contributed by atoms with Crippen LogP contribution in [0.25, 0.3) is 0 Å². The van der Waals surface area contributed by atoms with E-state index in [4.69, 9.17) is 0 Å². The molecule has 0 aliphatic heterocycles. The monoisotopic (exact) mass is 302 g/mol. The van der Waals surface area contributed by atoms with E-state index in [1.54, 1.807) is 54.9 Å². The number of carboxylic acid groups (broad SMARTS) is 1. The van der Waals surface area contributed by atoms with Crippen molar-refractivity contribution in [1.82, 2.24) is 10.3 Å². The Hall–Kier alpha value is -2.34. The maximum absolute atomic E-state index is 11.9. The van der Waals surface area contributed by atoms with E-state index in [-0.39, 0.29) is 11.7 Å². The molecule has 1 amide bonds. The maximum atomic E-state index is 11.9. The summed E-state index contributed by atoms with van der Waals surface area (Å²) in [5.41, 5.74) is 0.548. The minimum Gasteiger partial charge on any atom is -0.479 e. The molecule has 0 fully saturated rings. The van der Waals surface area contributed by atoms with Gasteiger partial charge in [-0.1, -0.05) is 30.3 Å². The molecule has 6 heteroatoms. The zero-order chi connectivity index (χ0) is 15.1. The van der Waals surface area contributed by atoms with Gasteiger partial charge in [0, 0.05) is 17.3 Å². The first-order chi connectivity index (χ1) is 10.2. The third kappa shape index (κ3) is 4.61. The first-order valence-electron chi connectivity index (χ1n) is 6.27. The summed E-state index contributed by atoms with van der Waals surface area (Å²) in [7, 11) is 0. The van der Waals surface area contributed by atoms with Crippen LogP contribution in [0.3, 0.4) is 0 Å². The molecule has 1 aromatic carbocycles. The largest absolute Gasteiger partial charge is 0.479 e. The molecule has 1 heterocycles. The van der Waals surface area contributed by atoms with Gasteiger partial charge in [-0.25, -0.2) is 4.79 Å². The summed E-state index contributed by atoms with van der Waals surface area (Å²) >= 11 is 1.33. The molecular formula is C15H14N2O3S. The number of nitrogens with one attached hydrogen (secondary N) is 1. The van der Waals surface area contributed by atoms with Crippen molar-refractivity contribution >= 4 is 23.6 Å². The number of carboxylic acids is 1. The van der Waals surface area contributed by atoms with E-state index in [0.717, 1.165) is 4.90 Å². The number of rotatable bonds is 6. The van der Waals surface area contributed by atoms with Crippen LogP contribution in [0, 0.1) is 0 Å². The highest BCUT2D eigenvalue weighted by atomic mass is 32.2. The van der Waals surface area contributed by atoms with Crippen molar-refractivity contribution in [2.45, 2.75) is 10.9 Å². The summed E-state index contributed by atoms with van der Waals surface area (Å²) in [6, 6.07) is 11.2. The predicted molar refractivity (Wildman–Crippen MR) is 79.9 cm³/mol. The van der Waals surface area contributed by atoms with Gasteiger partial charge in [-0.3, -0.25) is 9.78 Å². The minimum atomic E-state index is -1.08. The van der Waals surface area contributed by atoms with Crippen LogP contribution in [-0.2, 0) is 9.59 Å². The van der Waals surface area contributed by atoms with Crippen molar-refractivity contribution in [2.75, 3.05) is 5.75 Å². The van der Waals surface area contributed by atoms with E-state index >= 15 is 0 Å². The topological polar surface area (TPSA) is 79.3 Å². The van der Waals surface area contributed by atoms with Gasteiger partial charge >= 0.3 is 5.97 Å². The summed E-state index contributed by atoms with van der Waals surface area (Å²) in [5.74, 6) is -1.25. The number of pyridine rings is 1. The van der Waals surface area contributed by atoms with E-state index in [1.807, 2.05) is 0 Å². The first kappa shape index (κ1) is 15.1. The average Bonchev–Trinajstić information content (AvgIpc) is 2.52. The molecule has 0 spiro atoms. The second kappa shape index (κ2) is 7.44. The molecular weight excluding hydrogens is 288 g/mol. The lowest BCUT2D eigenvalue weighted by atomic mass is 10.1. The summed E-state index contributed by atoms with van der Waals surface area (Å²) in [6.45, 7) is 0. The van der Waals surface area contributed by atoms with E-state index in [1.165, 1.54) is 11.8 Å². The smallest absolute Gasteiger partial charge is 0.330 e. The van der Waals surface area contributed by atoms with Gasteiger partial charge in [0.2, 0.25) is 5.91 Å². The fourth-order valence-electron chi connectivity index (χ4n) is 1.72. The van der Waals surface area contributed by atoms with Crippen LogP contribution in [0.1, 0.15) is 11.6 Å². The quantitative estimate of drug-likeness (QED) is 0.799. The molecule has 2 rings (SSSR count). The SMILES string of the molecule is O=C(CSc1ccncc1)N[C@@H](C(=O)O)c1ccccc1. The zero-order valence-corrected chi connectivity index (χ0v) is 11.9. The molecule has 1 aromatic heterocycles. The van der Waals surface area contributed by atoms with Crippen LogP contribution < -0.4 is 5.32 Å². The van der Waals surface area contributed by atoms with Gasteiger partial charge in [0.1, 0.15) is 0 Å². The number of hydrogen-bond acceptors (Lipinski definition) is 4. The number of carbonyl (C=O) groups excluding carboxylic acids is 1. The van der Waals surface area contributed by atoms with Crippen molar-refractivity contribution in [3.8, 4) is 0 Å². The number of amides is 1. The summed E-state index contributed by atoms with van der Waals surface area (Å²) in [6.07, 6.45) is 3.29. The molecule has 1 atom stereocenters. The van der Waals surface area contributed by atoms with Crippen molar-refractivity contribution in [1.29, 1.82) is 0 Å². The van der Waals surface area contributed by atoms with E-state index in [2.05, 4.69) is 10.3 Å². The van der Waals surface area contributed by atoms with Crippen LogP contribution in [0.5, 0.6) is 0 Å². The molecule has 108 valence electrons. The highest BCUT2D eigenvalue weighted by Gasteiger charge is 2.21. The molecule has 0 aliphatic carbocycles. The van der Waals surface area contributed by atoms with Crippen LogP contribution in [0.4, 0.5) is 0 Å². The van der Waals surface area contributed by atoms with Crippen molar-refractivity contribution in [3.63, 3.8) is 0 Å². The van der Waals surface area contributed by atoms with Gasteiger partial charge in [0.15, 0.2) is 6.04 Å². The summed E-state index contributed by atoms with van der Waals surface area (Å²) < 4.78 is 0. The van der Waals surface area contributed by atoms with Crippen LogP contribution in [0.15, 0.2) is 59.8 Å². The van der Waals surface area contributed by atoms with Crippen molar-refractivity contribution in [2.24, 2.45) is 0 Å². The number of aliphatic carboxylic acids is 1. The van der Waals surface area contributed by atoms with E-state index in [9.17, 15) is 14.7 Å². The van der Waals surface area contributed by atoms with Gasteiger partial charge in [0.05, 0.1) is 5.75 Å².